The fourth-order valence-corrected chi connectivity index (χ4v) is 3.10. The van der Waals surface area contributed by atoms with Crippen LogP contribution in [0.1, 0.15) is 31.6 Å². The Labute approximate surface area is 102 Å². The van der Waals surface area contributed by atoms with Gasteiger partial charge in [0.05, 0.1) is 6.10 Å². The molecule has 0 aliphatic heterocycles. The predicted octanol–water partition coefficient (Wildman–Crippen LogP) is 2.84. The van der Waals surface area contributed by atoms with Crippen LogP contribution in [0.3, 0.4) is 0 Å². The van der Waals surface area contributed by atoms with Crippen molar-refractivity contribution < 1.29 is 4.74 Å². The summed E-state index contributed by atoms with van der Waals surface area (Å²) in [5, 5.41) is 5.82. The monoisotopic (exact) mass is 239 g/mol. The highest BCUT2D eigenvalue weighted by molar-refractivity contribution is 7.09. The van der Waals surface area contributed by atoms with Crippen LogP contribution in [0.5, 0.6) is 0 Å². The second-order valence-corrected chi connectivity index (χ2v) is 5.63. The lowest BCUT2D eigenvalue weighted by Crippen LogP contribution is -2.49. The number of ether oxygens (including phenoxy) is 1. The van der Waals surface area contributed by atoms with Crippen LogP contribution in [-0.2, 0) is 11.2 Å². The summed E-state index contributed by atoms with van der Waals surface area (Å²) in [6.07, 6.45) is 4.02. The quantitative estimate of drug-likeness (QED) is 0.824. The summed E-state index contributed by atoms with van der Waals surface area (Å²) in [6, 6.07) is 5.59. The molecule has 0 saturated heterocycles. The van der Waals surface area contributed by atoms with Crippen LogP contribution in [-0.4, -0.2) is 24.8 Å². The molecule has 1 aliphatic rings. The number of hydrogen-bond acceptors (Lipinski definition) is 3. The molecule has 2 nitrogen and oxygen atoms in total. The molecule has 1 aromatic heterocycles. The largest absolute Gasteiger partial charge is 0.378 e. The Morgan fingerprint density at radius 3 is 3.00 bits per heavy atom. The van der Waals surface area contributed by atoms with E-state index in [-0.39, 0.29) is 0 Å². The molecule has 0 spiro atoms. The molecule has 3 heteroatoms. The fraction of sp³-hybridized carbons (Fsp3) is 0.692. The highest BCUT2D eigenvalue weighted by atomic mass is 32.1. The zero-order chi connectivity index (χ0) is 11.4. The lowest BCUT2D eigenvalue weighted by Gasteiger charge is -2.37. The van der Waals surface area contributed by atoms with Gasteiger partial charge in [0, 0.05) is 23.6 Å². The molecule has 0 radical (unpaired) electrons. The molecule has 0 bridgehead atoms. The third-order valence-electron chi connectivity index (χ3n) is 3.10. The van der Waals surface area contributed by atoms with Gasteiger partial charge in [-0.1, -0.05) is 6.07 Å². The van der Waals surface area contributed by atoms with Crippen LogP contribution in [0.25, 0.3) is 0 Å². The average Bonchev–Trinajstić information content (AvgIpc) is 2.67. The second-order valence-electron chi connectivity index (χ2n) is 4.60. The summed E-state index contributed by atoms with van der Waals surface area (Å²) in [6.45, 7) is 5.19. The Morgan fingerprint density at radius 1 is 1.56 bits per heavy atom. The number of hydrogen-bond donors (Lipinski definition) is 1. The molecule has 1 unspecified atom stereocenters. The zero-order valence-electron chi connectivity index (χ0n) is 10.1. The third kappa shape index (κ3) is 3.30. The van der Waals surface area contributed by atoms with Gasteiger partial charge in [0.15, 0.2) is 0 Å². The molecular formula is C13H21NOS. The van der Waals surface area contributed by atoms with Gasteiger partial charge < -0.3 is 10.1 Å². The molecule has 2 rings (SSSR count). The minimum Gasteiger partial charge on any atom is -0.378 e. The molecule has 1 N–H and O–H groups in total. The van der Waals surface area contributed by atoms with Crippen molar-refractivity contribution in [2.75, 3.05) is 6.61 Å². The van der Waals surface area contributed by atoms with Crippen LogP contribution in [0, 0.1) is 0 Å². The highest BCUT2D eigenvalue weighted by Crippen LogP contribution is 2.24. The topological polar surface area (TPSA) is 21.3 Å². The van der Waals surface area contributed by atoms with Gasteiger partial charge in [-0.2, -0.15) is 0 Å². The van der Waals surface area contributed by atoms with Crippen molar-refractivity contribution in [3.05, 3.63) is 22.4 Å². The Morgan fingerprint density at radius 2 is 2.38 bits per heavy atom. The predicted molar refractivity (Wildman–Crippen MR) is 69.1 cm³/mol. The SMILES string of the molecule is CCOC1CC(NC(C)Cc2cccs2)C1. The molecule has 1 aliphatic carbocycles. The lowest BCUT2D eigenvalue weighted by molar-refractivity contribution is -0.0118. The van der Waals surface area contributed by atoms with Crippen molar-refractivity contribution in [2.24, 2.45) is 0 Å². The summed E-state index contributed by atoms with van der Waals surface area (Å²) >= 11 is 1.85. The van der Waals surface area contributed by atoms with Crippen LogP contribution in [0.15, 0.2) is 17.5 Å². The first-order valence-electron chi connectivity index (χ1n) is 6.18. The van der Waals surface area contributed by atoms with E-state index in [0.717, 1.165) is 13.0 Å². The Hall–Kier alpha value is -0.380. The molecule has 1 fully saturated rings. The van der Waals surface area contributed by atoms with Crippen molar-refractivity contribution >= 4 is 11.3 Å². The zero-order valence-corrected chi connectivity index (χ0v) is 10.9. The lowest BCUT2D eigenvalue weighted by atomic mass is 9.88. The van der Waals surface area contributed by atoms with Gasteiger partial charge in [-0.3, -0.25) is 0 Å². The summed E-state index contributed by atoms with van der Waals surface area (Å²) in [5.41, 5.74) is 0. The molecule has 1 heterocycles. The molecule has 0 amide bonds. The number of nitrogens with one attached hydrogen (secondary N) is 1. The molecule has 90 valence electrons. The van der Waals surface area contributed by atoms with Gasteiger partial charge >= 0.3 is 0 Å². The van der Waals surface area contributed by atoms with E-state index in [4.69, 9.17) is 4.74 Å². The van der Waals surface area contributed by atoms with Crippen LogP contribution in [0.4, 0.5) is 0 Å². The first-order chi connectivity index (χ1) is 7.78. The summed E-state index contributed by atoms with van der Waals surface area (Å²) in [5.74, 6) is 0. The maximum Gasteiger partial charge on any atom is 0.0604 e. The van der Waals surface area contributed by atoms with E-state index in [1.165, 1.54) is 17.7 Å². The minimum atomic E-state index is 0.511. The van der Waals surface area contributed by atoms with Crippen LogP contribution < -0.4 is 5.32 Å². The van der Waals surface area contributed by atoms with Crippen LogP contribution in [0.2, 0.25) is 0 Å². The molecular weight excluding hydrogens is 218 g/mol. The Balaban J connectivity index is 1.64. The van der Waals surface area contributed by atoms with Crippen molar-refractivity contribution in [1.29, 1.82) is 0 Å². The summed E-state index contributed by atoms with van der Waals surface area (Å²) < 4.78 is 5.56. The fourth-order valence-electron chi connectivity index (χ4n) is 2.27. The summed E-state index contributed by atoms with van der Waals surface area (Å²) in [4.78, 5) is 1.47. The second kappa shape index (κ2) is 5.80. The highest BCUT2D eigenvalue weighted by Gasteiger charge is 2.30. The normalized spacial score (nSPS) is 26.4. The van der Waals surface area contributed by atoms with E-state index in [0.29, 0.717) is 18.2 Å². The molecule has 1 saturated carbocycles. The van der Waals surface area contributed by atoms with Gasteiger partial charge in [0.25, 0.3) is 0 Å². The molecule has 16 heavy (non-hydrogen) atoms. The van der Waals surface area contributed by atoms with Crippen molar-refractivity contribution in [2.45, 2.75) is 51.3 Å². The standard InChI is InChI=1S/C13H21NOS/c1-3-15-12-8-11(9-12)14-10(2)7-13-5-4-6-16-13/h4-6,10-12,14H,3,7-9H2,1-2H3. The molecule has 1 atom stereocenters. The Kier molecular flexibility index (Phi) is 4.38. The first kappa shape index (κ1) is 12.1. The van der Waals surface area contributed by atoms with Gasteiger partial charge in [-0.15, -0.1) is 11.3 Å². The van der Waals surface area contributed by atoms with E-state index < -0.39 is 0 Å². The van der Waals surface area contributed by atoms with Gasteiger partial charge in [0.1, 0.15) is 0 Å². The average molecular weight is 239 g/mol. The van der Waals surface area contributed by atoms with Crippen molar-refractivity contribution in [1.82, 2.24) is 5.32 Å². The maximum atomic E-state index is 5.56. The smallest absolute Gasteiger partial charge is 0.0604 e. The minimum absolute atomic E-state index is 0.511. The molecule has 1 aromatic rings. The van der Waals surface area contributed by atoms with Gasteiger partial charge in [-0.25, -0.2) is 0 Å². The van der Waals surface area contributed by atoms with E-state index in [9.17, 15) is 0 Å². The summed E-state index contributed by atoms with van der Waals surface area (Å²) in [7, 11) is 0. The van der Waals surface area contributed by atoms with Gasteiger partial charge in [0.2, 0.25) is 0 Å². The number of rotatable bonds is 6. The van der Waals surface area contributed by atoms with Crippen molar-refractivity contribution in [3.63, 3.8) is 0 Å². The maximum absolute atomic E-state index is 5.56. The van der Waals surface area contributed by atoms with E-state index in [1.54, 1.807) is 0 Å². The third-order valence-corrected chi connectivity index (χ3v) is 4.00. The Bertz CT molecular complexity index is 293. The van der Waals surface area contributed by atoms with Crippen LogP contribution >= 0.6 is 11.3 Å². The number of thiophene rings is 1. The molecule has 0 aromatic carbocycles. The van der Waals surface area contributed by atoms with Crippen molar-refractivity contribution in [3.8, 4) is 0 Å². The van der Waals surface area contributed by atoms with Gasteiger partial charge in [-0.05, 0) is 44.6 Å². The van der Waals surface area contributed by atoms with E-state index in [2.05, 4.69) is 36.7 Å². The van der Waals surface area contributed by atoms with E-state index >= 15 is 0 Å². The first-order valence-corrected chi connectivity index (χ1v) is 7.06. The van der Waals surface area contributed by atoms with E-state index in [1.807, 2.05) is 11.3 Å².